The monoisotopic (exact) mass is 599 g/mol. The van der Waals surface area contributed by atoms with E-state index in [1.165, 1.54) is 17.7 Å². The highest BCUT2D eigenvalue weighted by Crippen LogP contribution is 2.53. The van der Waals surface area contributed by atoms with Crippen molar-refractivity contribution in [3.63, 3.8) is 0 Å². The van der Waals surface area contributed by atoms with Crippen LogP contribution in [0, 0.1) is 5.41 Å². The minimum atomic E-state index is -4.42. The van der Waals surface area contributed by atoms with Gasteiger partial charge in [-0.05, 0) is 97.3 Å². The molecule has 3 aliphatic carbocycles. The van der Waals surface area contributed by atoms with Gasteiger partial charge in [0.1, 0.15) is 6.10 Å². The maximum Gasteiger partial charge on any atom is 0.416 e. The molecule has 0 spiro atoms. The van der Waals surface area contributed by atoms with Crippen molar-refractivity contribution in [2.45, 2.75) is 135 Å². The summed E-state index contributed by atoms with van der Waals surface area (Å²) < 4.78 is 47.4. The van der Waals surface area contributed by atoms with E-state index in [1.54, 1.807) is 0 Å². The molecule has 0 radical (unpaired) electrons. The maximum atomic E-state index is 13.4. The highest BCUT2D eigenvalue weighted by molar-refractivity contribution is 6.74. The van der Waals surface area contributed by atoms with Gasteiger partial charge in [-0.1, -0.05) is 65.7 Å². The number of fused-ring (bicyclic) bond motifs is 1. The van der Waals surface area contributed by atoms with Gasteiger partial charge in [-0.3, -0.25) is 4.98 Å². The van der Waals surface area contributed by atoms with Crippen molar-refractivity contribution in [1.29, 1.82) is 0 Å². The number of aliphatic hydroxyl groups excluding tert-OH is 1. The molecule has 3 nitrogen and oxygen atoms in total. The Morgan fingerprint density at radius 3 is 2.21 bits per heavy atom. The van der Waals surface area contributed by atoms with Crippen LogP contribution in [0.2, 0.25) is 18.1 Å². The molecule has 3 aliphatic rings. The molecule has 0 saturated heterocycles. The summed E-state index contributed by atoms with van der Waals surface area (Å²) in [6, 6.07) is 5.04. The molecule has 42 heavy (non-hydrogen) atoms. The Morgan fingerprint density at radius 2 is 1.67 bits per heavy atom. The maximum absolute atomic E-state index is 13.4. The van der Waals surface area contributed by atoms with Crippen LogP contribution in [0.4, 0.5) is 13.2 Å². The fourth-order valence-electron chi connectivity index (χ4n) is 6.98. The van der Waals surface area contributed by atoms with Crippen LogP contribution >= 0.6 is 0 Å². The Hall–Kier alpha value is -1.96. The minimum absolute atomic E-state index is 0.00879. The van der Waals surface area contributed by atoms with Crippen LogP contribution in [0.25, 0.3) is 5.57 Å². The first-order valence-electron chi connectivity index (χ1n) is 15.8. The van der Waals surface area contributed by atoms with E-state index in [9.17, 15) is 18.3 Å². The molecular weight excluding hydrogens is 551 g/mol. The first kappa shape index (κ1) is 31.5. The normalized spacial score (nSPS) is 22.3. The topological polar surface area (TPSA) is 42.4 Å². The van der Waals surface area contributed by atoms with Crippen LogP contribution in [0.15, 0.2) is 30.3 Å². The molecule has 0 amide bonds. The second kappa shape index (κ2) is 11.2. The lowest BCUT2D eigenvalue weighted by Gasteiger charge is -2.45. The van der Waals surface area contributed by atoms with E-state index in [-0.39, 0.29) is 22.5 Å². The Morgan fingerprint density at radius 1 is 1.02 bits per heavy atom. The van der Waals surface area contributed by atoms with Crippen molar-refractivity contribution in [2.24, 2.45) is 5.41 Å². The van der Waals surface area contributed by atoms with Gasteiger partial charge in [0, 0.05) is 22.7 Å². The van der Waals surface area contributed by atoms with E-state index in [2.05, 4.69) is 53.8 Å². The zero-order valence-electron chi connectivity index (χ0n) is 26.4. The molecule has 1 N–H and O–H groups in total. The highest BCUT2D eigenvalue weighted by Gasteiger charge is 2.45. The summed E-state index contributed by atoms with van der Waals surface area (Å²) in [4.78, 5) is 5.44. The molecule has 0 bridgehead atoms. The molecule has 1 aromatic heterocycles. The standard InChI is InChI=1S/C35H48F3NO2Si/c1-33(2,3)42(6,7)41-27-21-34(4,5)20-26-29(27)28(22-12-8-9-13-22)30(31(39-26)23-14-10-11-15-23)32(40)24-16-18-25(19-17-24)35(36,37)38/h12,16-19,23,27,32,40H,8-11,13-15,20-21H2,1-7H3/t27-,32?/m0/s1. The second-order valence-corrected chi connectivity index (χ2v) is 19.9. The first-order valence-corrected chi connectivity index (χ1v) is 18.7. The zero-order valence-corrected chi connectivity index (χ0v) is 27.4. The largest absolute Gasteiger partial charge is 0.416 e. The fraction of sp³-hybridized carbons (Fsp3) is 0.629. The van der Waals surface area contributed by atoms with Gasteiger partial charge in [0.2, 0.25) is 0 Å². The van der Waals surface area contributed by atoms with Gasteiger partial charge in [0.15, 0.2) is 8.32 Å². The number of aromatic nitrogens is 1. The molecular formula is C35H48F3NO2Si. The molecule has 230 valence electrons. The number of hydrogen-bond donors (Lipinski definition) is 1. The number of halogens is 3. The van der Waals surface area contributed by atoms with Gasteiger partial charge in [0.05, 0.1) is 17.4 Å². The number of hydrogen-bond acceptors (Lipinski definition) is 3. The van der Waals surface area contributed by atoms with E-state index in [0.717, 1.165) is 98.0 Å². The third-order valence-corrected chi connectivity index (χ3v) is 14.7. The van der Waals surface area contributed by atoms with Crippen LogP contribution < -0.4 is 0 Å². The van der Waals surface area contributed by atoms with Gasteiger partial charge < -0.3 is 9.53 Å². The molecule has 1 heterocycles. The molecule has 5 rings (SSSR count). The SMILES string of the molecule is CC1(C)Cc2nc(C3CCCC3)c(C(O)c3ccc(C(F)(F)F)cc3)c(C3=CCCC3)c2[C@@H](O[Si](C)(C)C(C)(C)C)C1. The van der Waals surface area contributed by atoms with Crippen LogP contribution in [0.5, 0.6) is 0 Å². The van der Waals surface area contributed by atoms with Gasteiger partial charge >= 0.3 is 6.18 Å². The van der Waals surface area contributed by atoms with E-state index in [0.29, 0.717) is 5.56 Å². The van der Waals surface area contributed by atoms with E-state index in [4.69, 9.17) is 9.41 Å². The summed E-state index contributed by atoms with van der Waals surface area (Å²) in [6.07, 6.45) is 5.62. The van der Waals surface area contributed by atoms with Crippen LogP contribution in [0.3, 0.4) is 0 Å². The molecule has 0 aliphatic heterocycles. The molecule has 1 unspecified atom stereocenters. The molecule has 1 fully saturated rings. The van der Waals surface area contributed by atoms with Crippen molar-refractivity contribution < 1.29 is 22.7 Å². The van der Waals surface area contributed by atoms with Crippen LogP contribution in [-0.2, 0) is 17.0 Å². The Balaban J connectivity index is 1.76. The molecule has 2 aromatic rings. The number of nitrogens with zero attached hydrogens (tertiary/aromatic N) is 1. The number of alkyl halides is 3. The Bertz CT molecular complexity index is 1330. The minimum Gasteiger partial charge on any atom is -0.410 e. The third kappa shape index (κ3) is 6.16. The lowest BCUT2D eigenvalue weighted by atomic mass is 9.71. The smallest absolute Gasteiger partial charge is 0.410 e. The average Bonchev–Trinajstić information content (AvgIpc) is 3.60. The molecule has 7 heteroatoms. The van der Waals surface area contributed by atoms with Gasteiger partial charge in [-0.2, -0.15) is 13.2 Å². The van der Waals surface area contributed by atoms with Gasteiger partial charge in [-0.25, -0.2) is 0 Å². The van der Waals surface area contributed by atoms with Crippen LogP contribution in [0.1, 0.15) is 143 Å². The van der Waals surface area contributed by atoms with Crippen LogP contribution in [-0.4, -0.2) is 18.4 Å². The predicted molar refractivity (Wildman–Crippen MR) is 166 cm³/mol. The molecule has 1 aromatic carbocycles. The van der Waals surface area contributed by atoms with Crippen molar-refractivity contribution in [1.82, 2.24) is 4.98 Å². The number of benzene rings is 1. The van der Waals surface area contributed by atoms with Crippen molar-refractivity contribution >= 4 is 13.9 Å². The van der Waals surface area contributed by atoms with Crippen molar-refractivity contribution in [3.8, 4) is 0 Å². The summed E-state index contributed by atoms with van der Waals surface area (Å²) in [5, 5.41) is 12.2. The lowest BCUT2D eigenvalue weighted by molar-refractivity contribution is -0.137. The van der Waals surface area contributed by atoms with Crippen molar-refractivity contribution in [3.05, 3.63) is 69.5 Å². The quantitative estimate of drug-likeness (QED) is 0.336. The lowest BCUT2D eigenvalue weighted by Crippen LogP contribution is -2.44. The van der Waals surface area contributed by atoms with Gasteiger partial charge in [0.25, 0.3) is 0 Å². The number of aliphatic hydroxyl groups is 1. The number of allylic oxidation sites excluding steroid dienone is 2. The number of pyridine rings is 1. The van der Waals surface area contributed by atoms with Gasteiger partial charge in [-0.15, -0.1) is 0 Å². The summed E-state index contributed by atoms with van der Waals surface area (Å²) in [5.41, 5.74) is 6.04. The summed E-state index contributed by atoms with van der Waals surface area (Å²) in [5.74, 6) is 0.236. The van der Waals surface area contributed by atoms with Crippen molar-refractivity contribution in [2.75, 3.05) is 0 Å². The highest BCUT2D eigenvalue weighted by atomic mass is 28.4. The van der Waals surface area contributed by atoms with E-state index >= 15 is 0 Å². The average molecular weight is 600 g/mol. The zero-order chi connectivity index (χ0) is 30.7. The second-order valence-electron chi connectivity index (χ2n) is 15.2. The predicted octanol–water partition coefficient (Wildman–Crippen LogP) is 10.4. The fourth-order valence-corrected chi connectivity index (χ4v) is 8.25. The Labute approximate surface area is 251 Å². The Kier molecular flexibility index (Phi) is 8.38. The summed E-state index contributed by atoms with van der Waals surface area (Å²) >= 11 is 0. The summed E-state index contributed by atoms with van der Waals surface area (Å²) in [6.45, 7) is 16.0. The number of rotatable bonds is 6. The molecule has 1 saturated carbocycles. The molecule has 2 atom stereocenters. The summed E-state index contributed by atoms with van der Waals surface area (Å²) in [7, 11) is -2.17. The third-order valence-electron chi connectivity index (χ3n) is 10.3. The van der Waals surface area contributed by atoms with E-state index < -0.39 is 26.2 Å². The first-order chi connectivity index (χ1) is 19.5. The van der Waals surface area contributed by atoms with E-state index in [1.807, 2.05) is 0 Å².